The molecule has 1 saturated carbocycles. The van der Waals surface area contributed by atoms with Crippen molar-refractivity contribution in [2.75, 3.05) is 6.61 Å². The molecule has 2 atom stereocenters. The average Bonchev–Trinajstić information content (AvgIpc) is 2.45. The molecule has 0 amide bonds. The minimum absolute atomic E-state index is 0.321. The molecule has 0 aliphatic heterocycles. The van der Waals surface area contributed by atoms with Gasteiger partial charge in [-0.2, -0.15) is 0 Å². The minimum Gasteiger partial charge on any atom is -0.365 e. The van der Waals surface area contributed by atoms with Crippen molar-refractivity contribution in [3.05, 3.63) is 48.6 Å². The second kappa shape index (κ2) is 7.03. The lowest BCUT2D eigenvalue weighted by molar-refractivity contribution is 0.0227. The topological polar surface area (TPSA) is 9.23 Å². The van der Waals surface area contributed by atoms with E-state index in [-0.39, 0.29) is 0 Å². The SMILES string of the molecule is C=C[C@@H]1CCCC[C@H]1OCC#Cc1ccccc1. The third-order valence-electron chi connectivity index (χ3n) is 3.43. The Balaban J connectivity index is 1.81. The first-order chi connectivity index (χ1) is 8.90. The number of rotatable bonds is 3. The summed E-state index contributed by atoms with van der Waals surface area (Å²) in [6.07, 6.45) is 7.27. The van der Waals surface area contributed by atoms with Crippen LogP contribution in [-0.4, -0.2) is 12.7 Å². The summed E-state index contributed by atoms with van der Waals surface area (Å²) in [6, 6.07) is 10.0. The summed E-state index contributed by atoms with van der Waals surface area (Å²) in [4.78, 5) is 0. The smallest absolute Gasteiger partial charge is 0.108 e. The maximum Gasteiger partial charge on any atom is 0.108 e. The summed E-state index contributed by atoms with van der Waals surface area (Å²) < 4.78 is 5.86. The van der Waals surface area contributed by atoms with Crippen molar-refractivity contribution in [3.8, 4) is 11.8 Å². The normalized spacial score (nSPS) is 22.9. The van der Waals surface area contributed by atoms with Gasteiger partial charge in [-0.3, -0.25) is 0 Å². The van der Waals surface area contributed by atoms with Gasteiger partial charge in [-0.05, 0) is 25.0 Å². The molecule has 1 aliphatic carbocycles. The molecule has 0 saturated heterocycles. The van der Waals surface area contributed by atoms with Crippen LogP contribution in [0.1, 0.15) is 31.2 Å². The van der Waals surface area contributed by atoms with E-state index in [0.717, 1.165) is 12.0 Å². The van der Waals surface area contributed by atoms with Gasteiger partial charge in [0.15, 0.2) is 0 Å². The maximum atomic E-state index is 5.86. The van der Waals surface area contributed by atoms with E-state index in [4.69, 9.17) is 4.74 Å². The first-order valence-electron chi connectivity index (χ1n) is 6.68. The molecule has 94 valence electrons. The van der Waals surface area contributed by atoms with Gasteiger partial charge in [0.05, 0.1) is 6.10 Å². The highest BCUT2D eigenvalue weighted by Gasteiger charge is 2.22. The lowest BCUT2D eigenvalue weighted by Gasteiger charge is -2.28. The molecular formula is C17H20O. The molecule has 18 heavy (non-hydrogen) atoms. The molecule has 0 N–H and O–H groups in total. The monoisotopic (exact) mass is 240 g/mol. The first-order valence-corrected chi connectivity index (χ1v) is 6.68. The number of hydrogen-bond donors (Lipinski definition) is 0. The fourth-order valence-corrected chi connectivity index (χ4v) is 2.41. The van der Waals surface area contributed by atoms with Gasteiger partial charge in [0, 0.05) is 11.5 Å². The number of ether oxygens (including phenoxy) is 1. The van der Waals surface area contributed by atoms with Gasteiger partial charge in [0.2, 0.25) is 0 Å². The Hall–Kier alpha value is -1.52. The predicted octanol–water partition coefficient (Wildman–Crippen LogP) is 3.80. The van der Waals surface area contributed by atoms with Crippen LogP contribution < -0.4 is 0 Å². The van der Waals surface area contributed by atoms with E-state index in [1.807, 2.05) is 36.4 Å². The summed E-state index contributed by atoms with van der Waals surface area (Å²) in [5, 5.41) is 0. The van der Waals surface area contributed by atoms with Crippen LogP contribution >= 0.6 is 0 Å². The lowest BCUT2D eigenvalue weighted by atomic mass is 9.86. The molecule has 0 spiro atoms. The zero-order chi connectivity index (χ0) is 12.6. The average molecular weight is 240 g/mol. The van der Waals surface area contributed by atoms with E-state index in [0.29, 0.717) is 18.6 Å². The van der Waals surface area contributed by atoms with E-state index in [1.54, 1.807) is 0 Å². The second-order valence-corrected chi connectivity index (χ2v) is 4.70. The summed E-state index contributed by atoms with van der Waals surface area (Å²) in [5.74, 6) is 6.71. The van der Waals surface area contributed by atoms with Crippen LogP contribution in [0.25, 0.3) is 0 Å². The third-order valence-corrected chi connectivity index (χ3v) is 3.43. The highest BCUT2D eigenvalue weighted by molar-refractivity contribution is 5.33. The van der Waals surface area contributed by atoms with Crippen LogP contribution in [0.15, 0.2) is 43.0 Å². The molecule has 1 aromatic rings. The van der Waals surface area contributed by atoms with Crippen LogP contribution in [0.4, 0.5) is 0 Å². The Bertz CT molecular complexity index is 424. The van der Waals surface area contributed by atoms with Gasteiger partial charge < -0.3 is 4.74 Å². The highest BCUT2D eigenvalue weighted by Crippen LogP contribution is 2.27. The number of hydrogen-bond acceptors (Lipinski definition) is 1. The van der Waals surface area contributed by atoms with E-state index >= 15 is 0 Å². The molecule has 2 rings (SSSR count). The van der Waals surface area contributed by atoms with Gasteiger partial charge in [-0.15, -0.1) is 6.58 Å². The van der Waals surface area contributed by atoms with Gasteiger partial charge >= 0.3 is 0 Å². The van der Waals surface area contributed by atoms with E-state index < -0.39 is 0 Å². The fourth-order valence-electron chi connectivity index (χ4n) is 2.41. The third kappa shape index (κ3) is 3.75. The zero-order valence-electron chi connectivity index (χ0n) is 10.8. The summed E-state index contributed by atoms with van der Waals surface area (Å²) in [6.45, 7) is 4.41. The molecule has 1 aliphatic rings. The molecule has 0 unspecified atom stereocenters. The first kappa shape index (κ1) is 12.9. The van der Waals surface area contributed by atoms with Crippen molar-refractivity contribution in [2.45, 2.75) is 31.8 Å². The Morgan fingerprint density at radius 1 is 1.22 bits per heavy atom. The molecular weight excluding hydrogens is 220 g/mol. The van der Waals surface area contributed by atoms with Crippen LogP contribution in [0.5, 0.6) is 0 Å². The molecule has 1 aromatic carbocycles. The largest absolute Gasteiger partial charge is 0.365 e. The fraction of sp³-hybridized carbons (Fsp3) is 0.412. The molecule has 0 heterocycles. The molecule has 1 fully saturated rings. The highest BCUT2D eigenvalue weighted by atomic mass is 16.5. The van der Waals surface area contributed by atoms with Gasteiger partial charge in [-0.1, -0.05) is 49.0 Å². The van der Waals surface area contributed by atoms with E-state index in [9.17, 15) is 0 Å². The Morgan fingerprint density at radius 3 is 2.78 bits per heavy atom. The molecule has 1 nitrogen and oxygen atoms in total. The van der Waals surface area contributed by atoms with Crippen molar-refractivity contribution < 1.29 is 4.74 Å². The van der Waals surface area contributed by atoms with Crippen molar-refractivity contribution in [1.29, 1.82) is 0 Å². The summed E-state index contributed by atoms with van der Waals surface area (Å²) >= 11 is 0. The Labute approximate surface area is 110 Å². The molecule has 0 aromatic heterocycles. The number of benzene rings is 1. The van der Waals surface area contributed by atoms with Crippen LogP contribution in [0.2, 0.25) is 0 Å². The summed E-state index contributed by atoms with van der Waals surface area (Å²) in [5.41, 5.74) is 1.05. The molecule has 0 bridgehead atoms. The second-order valence-electron chi connectivity index (χ2n) is 4.70. The summed E-state index contributed by atoms with van der Waals surface area (Å²) in [7, 11) is 0. The van der Waals surface area contributed by atoms with E-state index in [2.05, 4.69) is 18.4 Å². The maximum absolute atomic E-state index is 5.86. The zero-order valence-corrected chi connectivity index (χ0v) is 10.8. The standard InChI is InChI=1S/C17H20O/c1-2-16-12-6-7-13-17(16)18-14-8-11-15-9-4-3-5-10-15/h2-5,9-10,16-17H,1,6-7,12-14H2/t16-,17-/m1/s1. The molecule has 1 heteroatoms. The predicted molar refractivity (Wildman–Crippen MR) is 75.2 cm³/mol. The Morgan fingerprint density at radius 2 is 2.00 bits per heavy atom. The molecule has 0 radical (unpaired) electrons. The van der Waals surface area contributed by atoms with Crippen molar-refractivity contribution in [3.63, 3.8) is 0 Å². The Kier molecular flexibility index (Phi) is 5.05. The van der Waals surface area contributed by atoms with E-state index in [1.165, 1.54) is 19.3 Å². The van der Waals surface area contributed by atoms with Gasteiger partial charge in [-0.25, -0.2) is 0 Å². The van der Waals surface area contributed by atoms with Crippen LogP contribution in [0.3, 0.4) is 0 Å². The van der Waals surface area contributed by atoms with Gasteiger partial charge in [0.1, 0.15) is 6.61 Å². The quantitative estimate of drug-likeness (QED) is 0.577. The van der Waals surface area contributed by atoms with Crippen molar-refractivity contribution in [2.24, 2.45) is 5.92 Å². The lowest BCUT2D eigenvalue weighted by Crippen LogP contribution is -2.26. The minimum atomic E-state index is 0.321. The van der Waals surface area contributed by atoms with Crippen LogP contribution in [0, 0.1) is 17.8 Å². The van der Waals surface area contributed by atoms with Gasteiger partial charge in [0.25, 0.3) is 0 Å². The van der Waals surface area contributed by atoms with Crippen molar-refractivity contribution >= 4 is 0 Å². The van der Waals surface area contributed by atoms with Crippen molar-refractivity contribution in [1.82, 2.24) is 0 Å². The van der Waals surface area contributed by atoms with Crippen LogP contribution in [-0.2, 0) is 4.74 Å².